The highest BCUT2D eigenvalue weighted by molar-refractivity contribution is 7.88. The van der Waals surface area contributed by atoms with E-state index in [2.05, 4.69) is 0 Å². The number of rotatable bonds is 5. The summed E-state index contributed by atoms with van der Waals surface area (Å²) in [6, 6.07) is 6.97. The summed E-state index contributed by atoms with van der Waals surface area (Å²) in [6.07, 6.45) is 1.81. The molecule has 2 N–H and O–H groups in total. The van der Waals surface area contributed by atoms with E-state index in [1.807, 2.05) is 6.92 Å². The van der Waals surface area contributed by atoms with E-state index in [0.717, 1.165) is 18.4 Å². The lowest BCUT2D eigenvalue weighted by atomic mass is 10.1. The molecule has 1 aromatic rings. The van der Waals surface area contributed by atoms with Gasteiger partial charge in [-0.15, -0.1) is 0 Å². The Balaban J connectivity index is 2.04. The number of ether oxygens (including phenoxy) is 1. The van der Waals surface area contributed by atoms with E-state index in [0.29, 0.717) is 25.4 Å². The molecule has 2 rings (SSSR count). The maximum Gasteiger partial charge on any atom is 0.218 e. The molecule has 1 heterocycles. The highest BCUT2D eigenvalue weighted by Crippen LogP contribution is 2.19. The lowest BCUT2D eigenvalue weighted by Gasteiger charge is -2.31. The molecule has 5 nitrogen and oxygen atoms in total. The van der Waals surface area contributed by atoms with Gasteiger partial charge in [-0.1, -0.05) is 12.1 Å². The molecule has 1 saturated heterocycles. The first-order valence-corrected chi connectivity index (χ1v) is 8.56. The van der Waals surface area contributed by atoms with Crippen molar-refractivity contribution in [3.05, 3.63) is 29.8 Å². The fraction of sp³-hybridized carbons (Fsp3) is 0.571. The number of sulfonamides is 1. The molecular formula is C14H22N2O3S. The molecule has 0 bridgehead atoms. The van der Waals surface area contributed by atoms with Crippen molar-refractivity contribution >= 4 is 15.7 Å². The molecule has 0 saturated carbocycles. The van der Waals surface area contributed by atoms with Crippen molar-refractivity contribution in [1.29, 1.82) is 0 Å². The minimum atomic E-state index is -3.29. The van der Waals surface area contributed by atoms with E-state index in [1.54, 1.807) is 28.6 Å². The van der Waals surface area contributed by atoms with Gasteiger partial charge in [0.25, 0.3) is 0 Å². The number of nitrogens with zero attached hydrogens (tertiary/aromatic N) is 1. The first kappa shape index (κ1) is 15.3. The topological polar surface area (TPSA) is 72.6 Å². The van der Waals surface area contributed by atoms with Gasteiger partial charge in [0.2, 0.25) is 10.0 Å². The average molecular weight is 298 g/mol. The van der Waals surface area contributed by atoms with Gasteiger partial charge in [0.1, 0.15) is 0 Å². The Morgan fingerprint density at radius 1 is 1.35 bits per heavy atom. The standard InChI is InChI=1S/C14H22N2O3S/c1-2-19-14-4-3-9-16(10-14)20(17,18)11-12-5-7-13(15)8-6-12/h5-8,14H,2-4,9-11,15H2,1H3. The van der Waals surface area contributed by atoms with Gasteiger partial charge in [-0.25, -0.2) is 8.42 Å². The van der Waals surface area contributed by atoms with Gasteiger partial charge in [0.05, 0.1) is 11.9 Å². The van der Waals surface area contributed by atoms with Crippen LogP contribution in [0.3, 0.4) is 0 Å². The van der Waals surface area contributed by atoms with Gasteiger partial charge in [0, 0.05) is 25.4 Å². The third-order valence-electron chi connectivity index (χ3n) is 3.47. The normalized spacial score (nSPS) is 20.9. The van der Waals surface area contributed by atoms with Crippen LogP contribution in [0.5, 0.6) is 0 Å². The van der Waals surface area contributed by atoms with E-state index in [-0.39, 0.29) is 11.9 Å². The van der Waals surface area contributed by atoms with Crippen molar-refractivity contribution in [2.75, 3.05) is 25.4 Å². The number of nitrogen functional groups attached to an aromatic ring is 1. The van der Waals surface area contributed by atoms with Crippen LogP contribution >= 0.6 is 0 Å². The van der Waals surface area contributed by atoms with Crippen molar-refractivity contribution in [3.63, 3.8) is 0 Å². The minimum absolute atomic E-state index is 0.0200. The van der Waals surface area contributed by atoms with Crippen molar-refractivity contribution in [2.45, 2.75) is 31.6 Å². The van der Waals surface area contributed by atoms with Crippen molar-refractivity contribution in [3.8, 4) is 0 Å². The lowest BCUT2D eigenvalue weighted by Crippen LogP contribution is -2.43. The number of hydrogen-bond acceptors (Lipinski definition) is 4. The summed E-state index contributed by atoms with van der Waals surface area (Å²) in [6.45, 7) is 3.60. The third-order valence-corrected chi connectivity index (χ3v) is 5.28. The Bertz CT molecular complexity index is 526. The molecule has 0 radical (unpaired) electrons. The summed E-state index contributed by atoms with van der Waals surface area (Å²) in [5, 5.41) is 0. The highest BCUT2D eigenvalue weighted by atomic mass is 32.2. The monoisotopic (exact) mass is 298 g/mol. The number of nitrogens with two attached hydrogens (primary N) is 1. The van der Waals surface area contributed by atoms with Crippen LogP contribution in [0, 0.1) is 0 Å². The van der Waals surface area contributed by atoms with Crippen LogP contribution in [0.2, 0.25) is 0 Å². The Morgan fingerprint density at radius 2 is 2.05 bits per heavy atom. The molecule has 1 aliphatic rings. The summed E-state index contributed by atoms with van der Waals surface area (Å²) >= 11 is 0. The highest BCUT2D eigenvalue weighted by Gasteiger charge is 2.29. The van der Waals surface area contributed by atoms with Crippen LogP contribution in [-0.4, -0.2) is 38.5 Å². The molecule has 1 atom stereocenters. The molecular weight excluding hydrogens is 276 g/mol. The summed E-state index contributed by atoms with van der Waals surface area (Å²) in [4.78, 5) is 0. The molecule has 112 valence electrons. The van der Waals surface area contributed by atoms with E-state index in [4.69, 9.17) is 10.5 Å². The van der Waals surface area contributed by atoms with Crippen LogP contribution in [-0.2, 0) is 20.5 Å². The maximum atomic E-state index is 12.4. The second-order valence-corrected chi connectivity index (χ2v) is 7.04. The first-order valence-electron chi connectivity index (χ1n) is 6.95. The van der Waals surface area contributed by atoms with Crippen LogP contribution in [0.15, 0.2) is 24.3 Å². The number of hydrogen-bond donors (Lipinski definition) is 1. The number of benzene rings is 1. The summed E-state index contributed by atoms with van der Waals surface area (Å²) in [5.41, 5.74) is 7.01. The Kier molecular flexibility index (Phi) is 5.01. The van der Waals surface area contributed by atoms with Crippen LogP contribution in [0.1, 0.15) is 25.3 Å². The fourth-order valence-electron chi connectivity index (χ4n) is 2.45. The smallest absolute Gasteiger partial charge is 0.218 e. The predicted octanol–water partition coefficient (Wildman–Crippen LogP) is 1.60. The molecule has 0 aliphatic carbocycles. The molecule has 0 spiro atoms. The van der Waals surface area contributed by atoms with Crippen molar-refractivity contribution in [1.82, 2.24) is 4.31 Å². The largest absolute Gasteiger partial charge is 0.399 e. The van der Waals surface area contributed by atoms with Gasteiger partial charge < -0.3 is 10.5 Å². The Labute approximate surface area is 120 Å². The third kappa shape index (κ3) is 3.94. The maximum absolute atomic E-state index is 12.4. The Hall–Kier alpha value is -1.11. The van der Waals surface area contributed by atoms with Gasteiger partial charge in [-0.2, -0.15) is 4.31 Å². The van der Waals surface area contributed by atoms with E-state index >= 15 is 0 Å². The fourth-order valence-corrected chi connectivity index (χ4v) is 4.04. The second kappa shape index (κ2) is 6.56. The number of anilines is 1. The van der Waals surface area contributed by atoms with E-state index < -0.39 is 10.0 Å². The first-order chi connectivity index (χ1) is 9.51. The summed E-state index contributed by atoms with van der Waals surface area (Å²) in [5.74, 6) is 0.0200. The van der Waals surface area contributed by atoms with Crippen molar-refractivity contribution in [2.24, 2.45) is 0 Å². The van der Waals surface area contributed by atoms with E-state index in [1.165, 1.54) is 0 Å². The number of piperidine rings is 1. The quantitative estimate of drug-likeness (QED) is 0.838. The zero-order valence-electron chi connectivity index (χ0n) is 11.8. The van der Waals surface area contributed by atoms with Crippen LogP contribution in [0.25, 0.3) is 0 Å². The minimum Gasteiger partial charge on any atom is -0.399 e. The van der Waals surface area contributed by atoms with Gasteiger partial charge in [0.15, 0.2) is 0 Å². The molecule has 1 fully saturated rings. The molecule has 1 aliphatic heterocycles. The Morgan fingerprint density at radius 3 is 2.70 bits per heavy atom. The van der Waals surface area contributed by atoms with E-state index in [9.17, 15) is 8.42 Å². The SMILES string of the molecule is CCOC1CCCN(S(=O)(=O)Cc2ccc(N)cc2)C1. The van der Waals surface area contributed by atoms with Crippen LogP contribution < -0.4 is 5.73 Å². The second-order valence-electron chi connectivity index (χ2n) is 5.08. The lowest BCUT2D eigenvalue weighted by molar-refractivity contribution is 0.0264. The summed E-state index contributed by atoms with van der Waals surface area (Å²) in [7, 11) is -3.29. The van der Waals surface area contributed by atoms with Gasteiger partial charge in [-0.3, -0.25) is 0 Å². The van der Waals surface area contributed by atoms with Crippen LogP contribution in [0.4, 0.5) is 5.69 Å². The molecule has 0 aromatic heterocycles. The summed E-state index contributed by atoms with van der Waals surface area (Å²) < 4.78 is 32.0. The predicted molar refractivity (Wildman–Crippen MR) is 79.7 cm³/mol. The van der Waals surface area contributed by atoms with Crippen molar-refractivity contribution < 1.29 is 13.2 Å². The van der Waals surface area contributed by atoms with Gasteiger partial charge >= 0.3 is 0 Å². The zero-order valence-corrected chi connectivity index (χ0v) is 12.6. The molecule has 0 amide bonds. The molecule has 20 heavy (non-hydrogen) atoms. The zero-order chi connectivity index (χ0) is 14.6. The molecule has 6 heteroatoms. The average Bonchev–Trinajstić information content (AvgIpc) is 2.42. The molecule has 1 aromatic carbocycles. The molecule has 1 unspecified atom stereocenters. The van der Waals surface area contributed by atoms with Gasteiger partial charge in [-0.05, 0) is 37.5 Å².